The highest BCUT2D eigenvalue weighted by molar-refractivity contribution is 5.84. The average Bonchev–Trinajstić information content (AvgIpc) is 2.63. The summed E-state index contributed by atoms with van der Waals surface area (Å²) >= 11 is 0. The van der Waals surface area contributed by atoms with Crippen LogP contribution < -0.4 is 0 Å². The monoisotopic (exact) mass is 302 g/mol. The first kappa shape index (κ1) is 14.4. The number of benzene rings is 2. The minimum absolute atomic E-state index is 0.591. The summed E-state index contributed by atoms with van der Waals surface area (Å²) in [4.78, 5) is 7.29. The van der Waals surface area contributed by atoms with Crippen LogP contribution in [-0.4, -0.2) is 23.0 Å². The summed E-state index contributed by atoms with van der Waals surface area (Å²) in [7, 11) is 0. The number of aromatic nitrogens is 1. The first-order chi connectivity index (χ1) is 11.4. The molecule has 0 N–H and O–H groups in total. The first-order valence-electron chi connectivity index (χ1n) is 8.50. The average molecular weight is 302 g/mol. The summed E-state index contributed by atoms with van der Waals surface area (Å²) in [6, 6.07) is 21.5. The molecule has 0 amide bonds. The van der Waals surface area contributed by atoms with Crippen LogP contribution in [0.3, 0.4) is 0 Å². The predicted molar refractivity (Wildman–Crippen MR) is 95.4 cm³/mol. The van der Waals surface area contributed by atoms with Crippen molar-refractivity contribution in [2.75, 3.05) is 13.1 Å². The fourth-order valence-electron chi connectivity index (χ4n) is 3.67. The Bertz CT molecular complexity index is 769. The van der Waals surface area contributed by atoms with Crippen molar-refractivity contribution in [3.63, 3.8) is 0 Å². The van der Waals surface area contributed by atoms with Gasteiger partial charge in [0.2, 0.25) is 0 Å². The van der Waals surface area contributed by atoms with Crippen LogP contribution in [0.5, 0.6) is 0 Å². The lowest BCUT2D eigenvalue weighted by Gasteiger charge is -2.32. The van der Waals surface area contributed by atoms with E-state index in [4.69, 9.17) is 4.98 Å². The predicted octanol–water partition coefficient (Wildman–Crippen LogP) is 4.61. The highest BCUT2D eigenvalue weighted by Gasteiger charge is 2.22. The molecule has 0 saturated carbocycles. The summed E-state index contributed by atoms with van der Waals surface area (Å²) in [6.07, 6.45) is 4.37. The van der Waals surface area contributed by atoms with Crippen molar-refractivity contribution >= 4 is 10.8 Å². The number of fused-ring (bicyclic) bond motifs is 1. The highest BCUT2D eigenvalue weighted by Crippen LogP contribution is 2.31. The van der Waals surface area contributed by atoms with E-state index in [-0.39, 0.29) is 0 Å². The number of rotatable bonds is 3. The van der Waals surface area contributed by atoms with E-state index in [9.17, 15) is 0 Å². The van der Waals surface area contributed by atoms with Gasteiger partial charge in [0, 0.05) is 24.0 Å². The van der Waals surface area contributed by atoms with Crippen LogP contribution in [0.25, 0.3) is 10.8 Å². The van der Waals surface area contributed by atoms with Gasteiger partial charge in [-0.15, -0.1) is 0 Å². The molecule has 1 aliphatic heterocycles. The largest absolute Gasteiger partial charge is 0.299 e. The summed E-state index contributed by atoms with van der Waals surface area (Å²) in [6.45, 7) is 3.38. The third-order valence-electron chi connectivity index (χ3n) is 4.93. The van der Waals surface area contributed by atoms with Crippen LogP contribution >= 0.6 is 0 Å². The molecule has 23 heavy (non-hydrogen) atoms. The fraction of sp³-hybridized carbons (Fsp3) is 0.286. The molecular weight excluding hydrogens is 280 g/mol. The number of nitrogens with zero attached hydrogens (tertiary/aromatic N) is 2. The van der Waals surface area contributed by atoms with Gasteiger partial charge in [-0.05, 0) is 42.9 Å². The van der Waals surface area contributed by atoms with Gasteiger partial charge in [-0.1, -0.05) is 54.6 Å². The topological polar surface area (TPSA) is 16.1 Å². The molecule has 1 aromatic heterocycles. The van der Waals surface area contributed by atoms with Crippen molar-refractivity contribution in [2.24, 2.45) is 0 Å². The second-order valence-corrected chi connectivity index (χ2v) is 6.45. The highest BCUT2D eigenvalue weighted by atomic mass is 15.1. The van der Waals surface area contributed by atoms with Crippen LogP contribution in [-0.2, 0) is 6.54 Å². The molecule has 0 radical (unpaired) electrons. The first-order valence-corrected chi connectivity index (χ1v) is 8.50. The number of piperidine rings is 1. The Morgan fingerprint density at radius 2 is 1.61 bits per heavy atom. The second-order valence-electron chi connectivity index (χ2n) is 6.45. The summed E-state index contributed by atoms with van der Waals surface area (Å²) in [5.41, 5.74) is 2.71. The van der Waals surface area contributed by atoms with E-state index in [1.165, 1.54) is 34.9 Å². The molecule has 1 saturated heterocycles. The van der Waals surface area contributed by atoms with Gasteiger partial charge >= 0.3 is 0 Å². The molecule has 2 nitrogen and oxygen atoms in total. The lowest BCUT2D eigenvalue weighted by atomic mass is 9.90. The molecule has 2 heteroatoms. The maximum Gasteiger partial charge on any atom is 0.0513 e. The number of likely N-dealkylation sites (tertiary alicyclic amines) is 1. The second kappa shape index (κ2) is 6.51. The maximum atomic E-state index is 4.72. The van der Waals surface area contributed by atoms with E-state index >= 15 is 0 Å². The van der Waals surface area contributed by atoms with E-state index < -0.39 is 0 Å². The van der Waals surface area contributed by atoms with Gasteiger partial charge < -0.3 is 0 Å². The zero-order valence-electron chi connectivity index (χ0n) is 13.4. The van der Waals surface area contributed by atoms with Crippen LogP contribution in [0.1, 0.15) is 30.0 Å². The number of hydrogen-bond acceptors (Lipinski definition) is 2. The lowest BCUT2D eigenvalue weighted by molar-refractivity contribution is 0.204. The summed E-state index contributed by atoms with van der Waals surface area (Å²) < 4.78 is 0. The van der Waals surface area contributed by atoms with Crippen LogP contribution in [0.2, 0.25) is 0 Å². The van der Waals surface area contributed by atoms with Crippen molar-refractivity contribution < 1.29 is 0 Å². The normalized spacial score (nSPS) is 16.7. The molecule has 0 aliphatic carbocycles. The Balaban J connectivity index is 1.47. The van der Waals surface area contributed by atoms with Crippen molar-refractivity contribution in [1.82, 2.24) is 9.88 Å². The van der Waals surface area contributed by atoms with Crippen molar-refractivity contribution in [2.45, 2.75) is 25.3 Å². The van der Waals surface area contributed by atoms with Gasteiger partial charge in [-0.3, -0.25) is 9.88 Å². The van der Waals surface area contributed by atoms with Crippen LogP contribution in [0, 0.1) is 0 Å². The molecule has 4 rings (SSSR count). The molecule has 2 aromatic carbocycles. The standard InChI is InChI=1S/C21H22N2/c1-2-6-17(7-3-1)16-23-14-11-19(12-15-23)21-20-9-5-4-8-18(20)10-13-22-21/h1-10,13,19H,11-12,14-16H2. The smallest absolute Gasteiger partial charge is 0.0513 e. The van der Waals surface area contributed by atoms with Gasteiger partial charge in [0.1, 0.15) is 0 Å². The van der Waals surface area contributed by atoms with Gasteiger partial charge in [0.25, 0.3) is 0 Å². The minimum Gasteiger partial charge on any atom is -0.299 e. The number of pyridine rings is 1. The van der Waals surface area contributed by atoms with E-state index in [2.05, 4.69) is 65.6 Å². The van der Waals surface area contributed by atoms with Crippen LogP contribution in [0.15, 0.2) is 66.9 Å². The van der Waals surface area contributed by atoms with E-state index in [0.717, 1.165) is 19.6 Å². The van der Waals surface area contributed by atoms with E-state index in [1.807, 2.05) is 6.20 Å². The van der Waals surface area contributed by atoms with Crippen LogP contribution in [0.4, 0.5) is 0 Å². The molecule has 2 heterocycles. The number of hydrogen-bond donors (Lipinski definition) is 0. The molecule has 0 atom stereocenters. The molecule has 0 unspecified atom stereocenters. The molecule has 1 fully saturated rings. The molecule has 116 valence electrons. The molecule has 3 aromatic rings. The zero-order valence-corrected chi connectivity index (χ0v) is 13.4. The molecule has 0 bridgehead atoms. The third kappa shape index (κ3) is 3.13. The third-order valence-corrected chi connectivity index (χ3v) is 4.93. The Morgan fingerprint density at radius 1 is 0.870 bits per heavy atom. The van der Waals surface area contributed by atoms with Gasteiger partial charge in [0.15, 0.2) is 0 Å². The maximum absolute atomic E-state index is 4.72. The van der Waals surface area contributed by atoms with Gasteiger partial charge in [-0.2, -0.15) is 0 Å². The Kier molecular flexibility index (Phi) is 4.08. The van der Waals surface area contributed by atoms with Crippen molar-refractivity contribution in [1.29, 1.82) is 0 Å². The Hall–Kier alpha value is -2.19. The fourth-order valence-corrected chi connectivity index (χ4v) is 3.67. The minimum atomic E-state index is 0.591. The SMILES string of the molecule is c1ccc(CN2CCC(c3nccc4ccccc34)CC2)cc1. The molecular formula is C21H22N2. The van der Waals surface area contributed by atoms with E-state index in [1.54, 1.807) is 0 Å². The molecule has 1 aliphatic rings. The summed E-state index contributed by atoms with van der Waals surface area (Å²) in [5.74, 6) is 0.591. The lowest BCUT2D eigenvalue weighted by Crippen LogP contribution is -2.32. The van der Waals surface area contributed by atoms with Gasteiger partial charge in [0.05, 0.1) is 5.69 Å². The van der Waals surface area contributed by atoms with Crippen molar-refractivity contribution in [3.05, 3.63) is 78.1 Å². The Labute approximate surface area is 137 Å². The zero-order chi connectivity index (χ0) is 15.5. The summed E-state index contributed by atoms with van der Waals surface area (Å²) in [5, 5.41) is 2.64. The van der Waals surface area contributed by atoms with Gasteiger partial charge in [-0.25, -0.2) is 0 Å². The quantitative estimate of drug-likeness (QED) is 0.702. The Morgan fingerprint density at radius 3 is 2.43 bits per heavy atom. The van der Waals surface area contributed by atoms with Crippen molar-refractivity contribution in [3.8, 4) is 0 Å². The van der Waals surface area contributed by atoms with E-state index in [0.29, 0.717) is 5.92 Å². The molecule has 0 spiro atoms.